The van der Waals surface area contributed by atoms with E-state index in [1.807, 2.05) is 4.90 Å². The minimum Gasteiger partial charge on any atom is -0.479 e. The number of carbonyl (C=O) groups excluding carboxylic acids is 1. The van der Waals surface area contributed by atoms with Crippen molar-refractivity contribution in [3.63, 3.8) is 0 Å². The molecule has 0 saturated carbocycles. The first-order valence-corrected chi connectivity index (χ1v) is 7.18. The summed E-state index contributed by atoms with van der Waals surface area (Å²) in [6.07, 6.45) is 2.81. The number of ether oxygens (including phenoxy) is 1. The predicted molar refractivity (Wildman–Crippen MR) is 69.7 cm³/mol. The molecule has 0 bridgehead atoms. The Labute approximate surface area is 113 Å². The number of hydrogen-bond donors (Lipinski definition) is 1. The fourth-order valence-electron chi connectivity index (χ4n) is 3.15. The number of carbonyl (C=O) groups is 2. The molecule has 5 heteroatoms. The van der Waals surface area contributed by atoms with Crippen molar-refractivity contribution in [2.24, 2.45) is 5.41 Å². The number of aliphatic carboxylic acids is 1. The summed E-state index contributed by atoms with van der Waals surface area (Å²) in [5, 5.41) is 8.89. The molecular weight excluding hydrogens is 246 g/mol. The van der Waals surface area contributed by atoms with Gasteiger partial charge in [-0.05, 0) is 37.5 Å². The fraction of sp³-hybridized carbons (Fsp3) is 0.857. The van der Waals surface area contributed by atoms with Gasteiger partial charge >= 0.3 is 5.97 Å². The van der Waals surface area contributed by atoms with Gasteiger partial charge in [-0.1, -0.05) is 13.8 Å². The molecule has 2 heterocycles. The summed E-state index contributed by atoms with van der Waals surface area (Å²) in [5.41, 5.74) is 0.250. The molecule has 2 aliphatic rings. The maximum absolute atomic E-state index is 12.3. The molecule has 19 heavy (non-hydrogen) atoms. The van der Waals surface area contributed by atoms with Gasteiger partial charge in [0, 0.05) is 13.1 Å². The third-order valence-corrected chi connectivity index (χ3v) is 4.82. The topological polar surface area (TPSA) is 66.8 Å². The molecule has 1 N–H and O–H groups in total. The van der Waals surface area contributed by atoms with Gasteiger partial charge in [-0.25, -0.2) is 4.79 Å². The Morgan fingerprint density at radius 2 is 1.89 bits per heavy atom. The highest BCUT2D eigenvalue weighted by Crippen LogP contribution is 2.37. The smallest absolute Gasteiger partial charge is 0.332 e. The first-order valence-electron chi connectivity index (χ1n) is 7.18. The molecule has 0 aromatic heterocycles. The van der Waals surface area contributed by atoms with Crippen molar-refractivity contribution in [2.75, 3.05) is 13.1 Å². The van der Waals surface area contributed by atoms with E-state index in [1.54, 1.807) is 0 Å². The molecule has 2 fully saturated rings. The minimum absolute atomic E-state index is 0.0208. The van der Waals surface area contributed by atoms with Crippen molar-refractivity contribution in [3.8, 4) is 0 Å². The van der Waals surface area contributed by atoms with E-state index in [4.69, 9.17) is 9.84 Å². The highest BCUT2D eigenvalue weighted by Gasteiger charge is 2.42. The fourth-order valence-corrected chi connectivity index (χ4v) is 3.15. The van der Waals surface area contributed by atoms with Crippen molar-refractivity contribution in [1.82, 2.24) is 4.90 Å². The number of rotatable bonds is 4. The SMILES string of the molecule is CCC1(CC)CCN(C(=O)[C@@H]2CC[C@H](C(=O)O)O2)C1. The van der Waals surface area contributed by atoms with E-state index in [2.05, 4.69) is 13.8 Å². The van der Waals surface area contributed by atoms with Crippen molar-refractivity contribution < 1.29 is 19.4 Å². The number of nitrogens with zero attached hydrogens (tertiary/aromatic N) is 1. The van der Waals surface area contributed by atoms with Crippen LogP contribution in [-0.2, 0) is 14.3 Å². The van der Waals surface area contributed by atoms with Gasteiger partial charge in [0.1, 0.15) is 6.10 Å². The zero-order valence-corrected chi connectivity index (χ0v) is 11.7. The van der Waals surface area contributed by atoms with Crippen LogP contribution in [0.1, 0.15) is 46.0 Å². The maximum Gasteiger partial charge on any atom is 0.332 e. The standard InChI is InChI=1S/C14H23NO4/c1-3-14(4-2)7-8-15(9-14)12(16)10-5-6-11(19-10)13(17)18/h10-11H,3-9H2,1-2H3,(H,17,18)/t10-,11+/m0/s1. The summed E-state index contributed by atoms with van der Waals surface area (Å²) in [6, 6.07) is 0. The lowest BCUT2D eigenvalue weighted by molar-refractivity contribution is -0.154. The largest absolute Gasteiger partial charge is 0.479 e. The third-order valence-electron chi connectivity index (χ3n) is 4.82. The van der Waals surface area contributed by atoms with Crippen LogP contribution < -0.4 is 0 Å². The van der Waals surface area contributed by atoms with Crippen molar-refractivity contribution >= 4 is 11.9 Å². The zero-order valence-electron chi connectivity index (χ0n) is 11.7. The molecule has 2 aliphatic heterocycles. The van der Waals surface area contributed by atoms with Crippen LogP contribution in [0.2, 0.25) is 0 Å². The van der Waals surface area contributed by atoms with E-state index in [1.165, 1.54) is 0 Å². The summed E-state index contributed by atoms with van der Waals surface area (Å²) >= 11 is 0. The number of carboxylic acid groups (broad SMARTS) is 1. The Kier molecular flexibility index (Phi) is 4.13. The maximum atomic E-state index is 12.3. The second kappa shape index (κ2) is 5.49. The summed E-state index contributed by atoms with van der Waals surface area (Å²) in [6.45, 7) is 5.91. The quantitative estimate of drug-likeness (QED) is 0.843. The van der Waals surface area contributed by atoms with Gasteiger partial charge < -0.3 is 14.7 Å². The summed E-state index contributed by atoms with van der Waals surface area (Å²) in [4.78, 5) is 25.0. The van der Waals surface area contributed by atoms with Crippen LogP contribution in [0, 0.1) is 5.41 Å². The summed E-state index contributed by atoms with van der Waals surface area (Å²) < 4.78 is 5.34. The second-order valence-corrected chi connectivity index (χ2v) is 5.75. The third kappa shape index (κ3) is 2.76. The monoisotopic (exact) mass is 269 g/mol. The van der Waals surface area contributed by atoms with Crippen molar-refractivity contribution in [3.05, 3.63) is 0 Å². The summed E-state index contributed by atoms with van der Waals surface area (Å²) in [7, 11) is 0. The van der Waals surface area contributed by atoms with Crippen LogP contribution in [-0.4, -0.2) is 47.2 Å². The second-order valence-electron chi connectivity index (χ2n) is 5.75. The molecular formula is C14H23NO4. The van der Waals surface area contributed by atoms with E-state index in [0.29, 0.717) is 12.8 Å². The average Bonchev–Trinajstić information content (AvgIpc) is 3.05. The zero-order chi connectivity index (χ0) is 14.0. The molecule has 1 amide bonds. The van der Waals surface area contributed by atoms with Gasteiger partial charge in [-0.15, -0.1) is 0 Å². The molecule has 2 rings (SSSR count). The van der Waals surface area contributed by atoms with Crippen LogP contribution in [0.5, 0.6) is 0 Å². The molecule has 108 valence electrons. The molecule has 0 aromatic rings. The van der Waals surface area contributed by atoms with Crippen LogP contribution in [0.4, 0.5) is 0 Å². The van der Waals surface area contributed by atoms with E-state index in [0.717, 1.165) is 32.4 Å². The van der Waals surface area contributed by atoms with E-state index in [-0.39, 0.29) is 11.3 Å². The molecule has 2 atom stereocenters. The van der Waals surface area contributed by atoms with E-state index < -0.39 is 18.2 Å². The highest BCUT2D eigenvalue weighted by atomic mass is 16.5. The van der Waals surface area contributed by atoms with Crippen LogP contribution >= 0.6 is 0 Å². The lowest BCUT2D eigenvalue weighted by atomic mass is 9.82. The van der Waals surface area contributed by atoms with Crippen LogP contribution in [0.25, 0.3) is 0 Å². The molecule has 0 unspecified atom stereocenters. The molecule has 0 radical (unpaired) electrons. The Hall–Kier alpha value is -1.10. The van der Waals surface area contributed by atoms with Crippen LogP contribution in [0.15, 0.2) is 0 Å². The highest BCUT2D eigenvalue weighted by molar-refractivity contribution is 5.83. The van der Waals surface area contributed by atoms with Gasteiger partial charge in [0.05, 0.1) is 0 Å². The Morgan fingerprint density at radius 1 is 1.26 bits per heavy atom. The number of carboxylic acids is 1. The molecule has 0 aliphatic carbocycles. The van der Waals surface area contributed by atoms with E-state index >= 15 is 0 Å². The number of hydrogen-bond acceptors (Lipinski definition) is 3. The van der Waals surface area contributed by atoms with Crippen molar-refractivity contribution in [2.45, 2.75) is 58.2 Å². The lowest BCUT2D eigenvalue weighted by Gasteiger charge is -2.27. The summed E-state index contributed by atoms with van der Waals surface area (Å²) in [5.74, 6) is -0.985. The normalized spacial score (nSPS) is 29.7. The Morgan fingerprint density at radius 3 is 2.37 bits per heavy atom. The minimum atomic E-state index is -0.965. The average molecular weight is 269 g/mol. The Bertz CT molecular complexity index is 364. The Balaban J connectivity index is 1.94. The van der Waals surface area contributed by atoms with Gasteiger partial charge in [-0.3, -0.25) is 4.79 Å². The van der Waals surface area contributed by atoms with E-state index in [9.17, 15) is 9.59 Å². The predicted octanol–water partition coefficient (Wildman–Crippen LogP) is 1.66. The number of amides is 1. The number of likely N-dealkylation sites (tertiary alicyclic amines) is 1. The van der Waals surface area contributed by atoms with Crippen molar-refractivity contribution in [1.29, 1.82) is 0 Å². The molecule has 5 nitrogen and oxygen atoms in total. The molecule has 0 aromatic carbocycles. The van der Waals surface area contributed by atoms with Gasteiger partial charge in [0.2, 0.25) is 0 Å². The first-order chi connectivity index (χ1) is 9.01. The van der Waals surface area contributed by atoms with Gasteiger partial charge in [-0.2, -0.15) is 0 Å². The molecule has 0 spiro atoms. The first kappa shape index (κ1) is 14.3. The van der Waals surface area contributed by atoms with Gasteiger partial charge in [0.15, 0.2) is 6.10 Å². The lowest BCUT2D eigenvalue weighted by Crippen LogP contribution is -2.39. The van der Waals surface area contributed by atoms with Gasteiger partial charge in [0.25, 0.3) is 5.91 Å². The van der Waals surface area contributed by atoms with Crippen LogP contribution in [0.3, 0.4) is 0 Å². The molecule has 2 saturated heterocycles.